The summed E-state index contributed by atoms with van der Waals surface area (Å²) in [4.78, 5) is 9.26. The van der Waals surface area contributed by atoms with E-state index in [9.17, 15) is 0 Å². The first-order valence-electron chi connectivity index (χ1n) is 8.51. The molecule has 0 fully saturated rings. The van der Waals surface area contributed by atoms with Crippen molar-refractivity contribution in [2.45, 2.75) is 49.8 Å². The highest BCUT2D eigenvalue weighted by Gasteiger charge is 2.15. The third-order valence-corrected chi connectivity index (χ3v) is 4.54. The molecule has 1 aromatic carbocycles. The van der Waals surface area contributed by atoms with Gasteiger partial charge < -0.3 is 9.15 Å². The Kier molecular flexibility index (Phi) is 5.56. The van der Waals surface area contributed by atoms with Crippen molar-refractivity contribution >= 4 is 11.8 Å². The van der Waals surface area contributed by atoms with E-state index in [1.54, 1.807) is 7.11 Å². The fraction of sp³-hybridized carbons (Fsp3) is 0.368. The number of hydrogen-bond donors (Lipinski definition) is 0. The van der Waals surface area contributed by atoms with Crippen molar-refractivity contribution in [3.8, 4) is 17.2 Å². The van der Waals surface area contributed by atoms with Gasteiger partial charge in [0.05, 0.1) is 7.11 Å². The second kappa shape index (κ2) is 7.86. The van der Waals surface area contributed by atoms with Gasteiger partial charge in [0.25, 0.3) is 5.22 Å². The maximum atomic E-state index is 5.79. The molecule has 0 aliphatic rings. The van der Waals surface area contributed by atoms with E-state index in [-0.39, 0.29) is 5.92 Å². The summed E-state index contributed by atoms with van der Waals surface area (Å²) in [5.74, 6) is 2.66. The molecule has 26 heavy (non-hydrogen) atoms. The second-order valence-corrected chi connectivity index (χ2v) is 7.47. The quantitative estimate of drug-likeness (QED) is 0.569. The number of benzene rings is 1. The molecule has 6 nitrogen and oxygen atoms in total. The normalized spacial score (nSPS) is 11.3. The molecule has 0 bridgehead atoms. The van der Waals surface area contributed by atoms with Gasteiger partial charge in [-0.2, -0.15) is 0 Å². The minimum absolute atomic E-state index is 0.255. The van der Waals surface area contributed by atoms with Crippen LogP contribution in [0.5, 0.6) is 5.75 Å². The fourth-order valence-corrected chi connectivity index (χ4v) is 2.96. The lowest BCUT2D eigenvalue weighted by molar-refractivity contribution is 0.414. The van der Waals surface area contributed by atoms with Crippen LogP contribution in [-0.4, -0.2) is 27.3 Å². The number of aromatic nitrogens is 4. The lowest BCUT2D eigenvalue weighted by Gasteiger charge is -2.11. The van der Waals surface area contributed by atoms with E-state index in [1.165, 1.54) is 11.8 Å². The van der Waals surface area contributed by atoms with Crippen molar-refractivity contribution < 1.29 is 9.15 Å². The molecule has 0 saturated carbocycles. The Morgan fingerprint density at radius 3 is 2.31 bits per heavy atom. The van der Waals surface area contributed by atoms with Crippen LogP contribution in [0.4, 0.5) is 0 Å². The zero-order chi connectivity index (χ0) is 18.7. The highest BCUT2D eigenvalue weighted by Crippen LogP contribution is 2.30. The average molecular weight is 370 g/mol. The summed E-state index contributed by atoms with van der Waals surface area (Å²) < 4.78 is 11.0. The molecule has 3 rings (SSSR count). The molecule has 0 saturated heterocycles. The van der Waals surface area contributed by atoms with Crippen LogP contribution in [0.2, 0.25) is 0 Å². The van der Waals surface area contributed by atoms with Crippen molar-refractivity contribution in [2.24, 2.45) is 0 Å². The van der Waals surface area contributed by atoms with Gasteiger partial charge in [-0.05, 0) is 48.0 Å². The summed E-state index contributed by atoms with van der Waals surface area (Å²) in [5, 5.41) is 9.54. The first kappa shape index (κ1) is 18.4. The molecular formula is C19H22N4O2S. The van der Waals surface area contributed by atoms with Crippen LogP contribution in [0.3, 0.4) is 0 Å². The Hall–Kier alpha value is -2.41. The minimum Gasteiger partial charge on any atom is -0.497 e. The molecule has 2 aromatic heterocycles. The predicted molar refractivity (Wildman–Crippen MR) is 101 cm³/mol. The van der Waals surface area contributed by atoms with Gasteiger partial charge >= 0.3 is 0 Å². The molecule has 136 valence electrons. The average Bonchev–Trinajstić information content (AvgIpc) is 3.09. The maximum Gasteiger partial charge on any atom is 0.283 e. The van der Waals surface area contributed by atoms with Crippen molar-refractivity contribution in [3.05, 3.63) is 41.9 Å². The molecule has 2 heterocycles. The van der Waals surface area contributed by atoms with Crippen LogP contribution in [0, 0.1) is 0 Å². The summed E-state index contributed by atoms with van der Waals surface area (Å²) in [6.45, 7) is 8.41. The van der Waals surface area contributed by atoms with Crippen LogP contribution in [0.25, 0.3) is 11.5 Å². The first-order chi connectivity index (χ1) is 12.5. The minimum atomic E-state index is 0.255. The standard InChI is InChI=1S/C19H22N4O2S/c1-11(2)15-10-16(21-17(20-15)12(3)4)26-19-23-22-18(25-19)13-6-8-14(24-5)9-7-13/h6-12H,1-5H3. The van der Waals surface area contributed by atoms with Crippen LogP contribution in [0.15, 0.2) is 45.0 Å². The molecule has 0 aliphatic heterocycles. The molecule has 3 aromatic rings. The molecular weight excluding hydrogens is 348 g/mol. The SMILES string of the molecule is COc1ccc(-c2nnc(Sc3cc(C(C)C)nc(C(C)C)n3)o2)cc1. The molecule has 0 N–H and O–H groups in total. The highest BCUT2D eigenvalue weighted by atomic mass is 32.2. The number of methoxy groups -OCH3 is 1. The topological polar surface area (TPSA) is 73.9 Å². The largest absolute Gasteiger partial charge is 0.497 e. The van der Waals surface area contributed by atoms with Crippen LogP contribution < -0.4 is 4.74 Å². The maximum absolute atomic E-state index is 5.79. The van der Waals surface area contributed by atoms with E-state index in [0.717, 1.165) is 27.9 Å². The Labute approximate surface area is 157 Å². The first-order valence-corrected chi connectivity index (χ1v) is 9.32. The molecule has 7 heteroatoms. The molecule has 0 radical (unpaired) electrons. The Morgan fingerprint density at radius 1 is 0.962 bits per heavy atom. The summed E-state index contributed by atoms with van der Waals surface area (Å²) in [6.07, 6.45) is 0. The Bertz CT molecular complexity index is 849. The van der Waals surface area contributed by atoms with E-state index < -0.39 is 0 Å². The Morgan fingerprint density at radius 2 is 1.69 bits per heavy atom. The number of hydrogen-bond acceptors (Lipinski definition) is 7. The van der Waals surface area contributed by atoms with Crippen molar-refractivity contribution in [1.82, 2.24) is 20.2 Å². The van der Waals surface area contributed by atoms with Crippen LogP contribution >= 0.6 is 11.8 Å². The fourth-order valence-electron chi connectivity index (χ4n) is 2.26. The van der Waals surface area contributed by atoms with Gasteiger partial charge in [0, 0.05) is 17.2 Å². The van der Waals surface area contributed by atoms with Crippen molar-refractivity contribution in [1.29, 1.82) is 0 Å². The summed E-state index contributed by atoms with van der Waals surface area (Å²) in [6, 6.07) is 9.48. The molecule has 0 unspecified atom stereocenters. The third-order valence-electron chi connectivity index (χ3n) is 3.78. The smallest absolute Gasteiger partial charge is 0.283 e. The lowest BCUT2D eigenvalue weighted by atomic mass is 10.1. The zero-order valence-electron chi connectivity index (χ0n) is 15.6. The van der Waals surface area contributed by atoms with E-state index in [1.807, 2.05) is 30.3 Å². The van der Waals surface area contributed by atoms with Gasteiger partial charge in [0.15, 0.2) is 0 Å². The van der Waals surface area contributed by atoms with E-state index in [4.69, 9.17) is 9.15 Å². The summed E-state index contributed by atoms with van der Waals surface area (Å²) >= 11 is 1.36. The zero-order valence-corrected chi connectivity index (χ0v) is 16.4. The third kappa shape index (κ3) is 4.22. The van der Waals surface area contributed by atoms with E-state index in [0.29, 0.717) is 17.0 Å². The van der Waals surface area contributed by atoms with Gasteiger partial charge in [0.2, 0.25) is 5.89 Å². The lowest BCUT2D eigenvalue weighted by Crippen LogP contribution is -2.03. The molecule has 0 atom stereocenters. The van der Waals surface area contributed by atoms with Crippen LogP contribution in [-0.2, 0) is 0 Å². The molecule has 0 amide bonds. The molecule has 0 spiro atoms. The number of rotatable bonds is 6. The van der Waals surface area contributed by atoms with E-state index in [2.05, 4.69) is 47.9 Å². The summed E-state index contributed by atoms with van der Waals surface area (Å²) in [5.41, 5.74) is 1.86. The monoisotopic (exact) mass is 370 g/mol. The van der Waals surface area contributed by atoms with E-state index >= 15 is 0 Å². The van der Waals surface area contributed by atoms with Gasteiger partial charge in [-0.3, -0.25) is 0 Å². The van der Waals surface area contributed by atoms with Crippen molar-refractivity contribution in [3.63, 3.8) is 0 Å². The second-order valence-electron chi connectivity index (χ2n) is 6.50. The van der Waals surface area contributed by atoms with Gasteiger partial charge in [-0.15, -0.1) is 10.2 Å². The van der Waals surface area contributed by atoms with Gasteiger partial charge in [-0.1, -0.05) is 27.7 Å². The predicted octanol–water partition coefficient (Wildman–Crippen LogP) is 4.93. The van der Waals surface area contributed by atoms with Crippen molar-refractivity contribution in [2.75, 3.05) is 7.11 Å². The number of nitrogens with zero attached hydrogens (tertiary/aromatic N) is 4. The highest BCUT2D eigenvalue weighted by molar-refractivity contribution is 7.99. The Balaban J connectivity index is 1.84. The number of ether oxygens (including phenoxy) is 1. The van der Waals surface area contributed by atoms with Gasteiger partial charge in [-0.25, -0.2) is 9.97 Å². The van der Waals surface area contributed by atoms with Gasteiger partial charge in [0.1, 0.15) is 16.6 Å². The van der Waals surface area contributed by atoms with Crippen LogP contribution in [0.1, 0.15) is 51.0 Å². The molecule has 0 aliphatic carbocycles. The summed E-state index contributed by atoms with van der Waals surface area (Å²) in [7, 11) is 1.63.